The van der Waals surface area contributed by atoms with Gasteiger partial charge < -0.3 is 4.90 Å². The van der Waals surface area contributed by atoms with Crippen molar-refractivity contribution in [1.29, 1.82) is 0 Å². The second kappa shape index (κ2) is 5.66. The number of rotatable bonds is 5. The Morgan fingerprint density at radius 1 is 1.27 bits per heavy atom. The van der Waals surface area contributed by atoms with Gasteiger partial charge in [0, 0.05) is 18.0 Å². The number of nitrogens with zero attached hydrogens (tertiary/aromatic N) is 1. The second-order valence-corrected chi connectivity index (χ2v) is 4.10. The van der Waals surface area contributed by atoms with Crippen molar-refractivity contribution in [3.05, 3.63) is 35.9 Å². The molecule has 2 nitrogen and oxygen atoms in total. The number of carbonyl (C=O) groups is 1. The zero-order chi connectivity index (χ0) is 11.3. The smallest absolute Gasteiger partial charge is 0.167 e. The standard InChI is InChI=1S/C13H19NO/c1-4-11(10-14(2)3)13(15)12-8-6-5-7-9-12/h5-9,11H,4,10H2,1-3H3/t11-/m0/s1. The molecule has 0 aliphatic heterocycles. The summed E-state index contributed by atoms with van der Waals surface area (Å²) in [6.07, 6.45) is 0.895. The van der Waals surface area contributed by atoms with Crippen molar-refractivity contribution >= 4 is 5.78 Å². The largest absolute Gasteiger partial charge is 0.309 e. The number of benzene rings is 1. The van der Waals surface area contributed by atoms with Crippen LogP contribution in [0.1, 0.15) is 23.7 Å². The lowest BCUT2D eigenvalue weighted by Gasteiger charge is -2.18. The number of ketones is 1. The van der Waals surface area contributed by atoms with Gasteiger partial charge in [-0.05, 0) is 20.5 Å². The zero-order valence-corrected chi connectivity index (χ0v) is 9.73. The predicted octanol–water partition coefficient (Wildman–Crippen LogP) is 2.46. The molecule has 0 unspecified atom stereocenters. The highest BCUT2D eigenvalue weighted by Gasteiger charge is 2.18. The molecule has 15 heavy (non-hydrogen) atoms. The number of hydrogen-bond donors (Lipinski definition) is 0. The normalized spacial score (nSPS) is 12.8. The Labute approximate surface area is 91.9 Å². The Kier molecular flexibility index (Phi) is 4.50. The molecule has 0 aliphatic carbocycles. The van der Waals surface area contributed by atoms with E-state index in [1.54, 1.807) is 0 Å². The van der Waals surface area contributed by atoms with E-state index in [-0.39, 0.29) is 11.7 Å². The van der Waals surface area contributed by atoms with Crippen molar-refractivity contribution in [1.82, 2.24) is 4.90 Å². The van der Waals surface area contributed by atoms with Crippen LogP contribution in [0.15, 0.2) is 30.3 Å². The molecule has 0 aromatic heterocycles. The van der Waals surface area contributed by atoms with Crippen LogP contribution < -0.4 is 0 Å². The maximum atomic E-state index is 12.1. The lowest BCUT2D eigenvalue weighted by atomic mass is 9.95. The fourth-order valence-electron chi connectivity index (χ4n) is 1.68. The van der Waals surface area contributed by atoms with E-state index in [2.05, 4.69) is 11.8 Å². The summed E-state index contributed by atoms with van der Waals surface area (Å²) in [7, 11) is 4.00. The molecule has 0 amide bonds. The lowest BCUT2D eigenvalue weighted by Crippen LogP contribution is -2.27. The number of carbonyl (C=O) groups excluding carboxylic acids is 1. The molecule has 1 aromatic carbocycles. The van der Waals surface area contributed by atoms with Crippen LogP contribution in [0.3, 0.4) is 0 Å². The van der Waals surface area contributed by atoms with E-state index in [9.17, 15) is 4.79 Å². The van der Waals surface area contributed by atoms with Gasteiger partial charge in [-0.2, -0.15) is 0 Å². The minimum Gasteiger partial charge on any atom is -0.309 e. The molecule has 0 spiro atoms. The maximum absolute atomic E-state index is 12.1. The highest BCUT2D eigenvalue weighted by Crippen LogP contribution is 2.12. The summed E-state index contributed by atoms with van der Waals surface area (Å²) >= 11 is 0. The molecule has 0 saturated carbocycles. The molecule has 0 radical (unpaired) electrons. The molecular formula is C13H19NO. The summed E-state index contributed by atoms with van der Waals surface area (Å²) in [6, 6.07) is 9.54. The minimum atomic E-state index is 0.113. The quantitative estimate of drug-likeness (QED) is 0.688. The Morgan fingerprint density at radius 3 is 2.33 bits per heavy atom. The SMILES string of the molecule is CC[C@@H](CN(C)C)C(=O)c1ccccc1. The first-order valence-electron chi connectivity index (χ1n) is 5.39. The molecule has 0 bridgehead atoms. The van der Waals surface area contributed by atoms with Gasteiger partial charge in [0.25, 0.3) is 0 Å². The van der Waals surface area contributed by atoms with E-state index in [1.165, 1.54) is 0 Å². The van der Waals surface area contributed by atoms with Crippen molar-refractivity contribution in [2.45, 2.75) is 13.3 Å². The third-order valence-electron chi connectivity index (χ3n) is 2.51. The molecule has 0 saturated heterocycles. The molecule has 82 valence electrons. The van der Waals surface area contributed by atoms with Gasteiger partial charge in [-0.1, -0.05) is 37.3 Å². The van der Waals surface area contributed by atoms with E-state index in [0.717, 1.165) is 18.5 Å². The fourth-order valence-corrected chi connectivity index (χ4v) is 1.68. The second-order valence-electron chi connectivity index (χ2n) is 4.10. The van der Waals surface area contributed by atoms with Gasteiger partial charge in [0.15, 0.2) is 5.78 Å². The molecule has 0 aliphatic rings. The molecule has 2 heteroatoms. The first-order valence-corrected chi connectivity index (χ1v) is 5.39. The van der Waals surface area contributed by atoms with Crippen LogP contribution in [0.2, 0.25) is 0 Å². The van der Waals surface area contributed by atoms with Crippen molar-refractivity contribution in [2.24, 2.45) is 5.92 Å². The van der Waals surface area contributed by atoms with Crippen molar-refractivity contribution < 1.29 is 4.79 Å². The first kappa shape index (κ1) is 11.9. The first-order chi connectivity index (χ1) is 7.15. The van der Waals surface area contributed by atoms with Gasteiger partial charge in [-0.15, -0.1) is 0 Å². The van der Waals surface area contributed by atoms with Gasteiger partial charge >= 0.3 is 0 Å². The Hall–Kier alpha value is -1.15. The third-order valence-corrected chi connectivity index (χ3v) is 2.51. The summed E-state index contributed by atoms with van der Waals surface area (Å²) in [4.78, 5) is 14.1. The van der Waals surface area contributed by atoms with Crippen molar-refractivity contribution in [3.63, 3.8) is 0 Å². The molecule has 1 aromatic rings. The van der Waals surface area contributed by atoms with Gasteiger partial charge in [-0.25, -0.2) is 0 Å². The molecule has 1 atom stereocenters. The highest BCUT2D eigenvalue weighted by atomic mass is 16.1. The van der Waals surface area contributed by atoms with E-state index in [0.29, 0.717) is 0 Å². The summed E-state index contributed by atoms with van der Waals surface area (Å²) in [6.45, 7) is 2.89. The summed E-state index contributed by atoms with van der Waals surface area (Å²) in [5.41, 5.74) is 0.825. The Morgan fingerprint density at radius 2 is 1.87 bits per heavy atom. The van der Waals surface area contributed by atoms with Crippen LogP contribution in [-0.4, -0.2) is 31.3 Å². The van der Waals surface area contributed by atoms with Crippen molar-refractivity contribution in [2.75, 3.05) is 20.6 Å². The molecule has 0 N–H and O–H groups in total. The minimum absolute atomic E-state index is 0.113. The highest BCUT2D eigenvalue weighted by molar-refractivity contribution is 5.97. The Bertz CT molecular complexity index is 306. The van der Waals surface area contributed by atoms with Gasteiger partial charge in [0.05, 0.1) is 0 Å². The zero-order valence-electron chi connectivity index (χ0n) is 9.73. The topological polar surface area (TPSA) is 20.3 Å². The molecule has 0 fully saturated rings. The van der Waals surface area contributed by atoms with E-state index < -0.39 is 0 Å². The Balaban J connectivity index is 2.74. The number of Topliss-reactive ketones (excluding diaryl/α,β-unsaturated/α-hetero) is 1. The lowest BCUT2D eigenvalue weighted by molar-refractivity contribution is 0.0894. The number of hydrogen-bond acceptors (Lipinski definition) is 2. The van der Waals surface area contributed by atoms with Crippen LogP contribution >= 0.6 is 0 Å². The predicted molar refractivity (Wildman–Crippen MR) is 63.1 cm³/mol. The van der Waals surface area contributed by atoms with E-state index >= 15 is 0 Å². The van der Waals surface area contributed by atoms with Gasteiger partial charge in [0.2, 0.25) is 0 Å². The van der Waals surface area contributed by atoms with Crippen LogP contribution in [0.5, 0.6) is 0 Å². The van der Waals surface area contributed by atoms with Crippen LogP contribution in [-0.2, 0) is 0 Å². The summed E-state index contributed by atoms with van der Waals surface area (Å²) in [5.74, 6) is 0.370. The van der Waals surface area contributed by atoms with Crippen LogP contribution in [0.4, 0.5) is 0 Å². The van der Waals surface area contributed by atoms with E-state index in [1.807, 2.05) is 44.4 Å². The van der Waals surface area contributed by atoms with Crippen LogP contribution in [0.25, 0.3) is 0 Å². The molecular weight excluding hydrogens is 186 g/mol. The monoisotopic (exact) mass is 205 g/mol. The van der Waals surface area contributed by atoms with Crippen LogP contribution in [0, 0.1) is 5.92 Å². The van der Waals surface area contributed by atoms with E-state index in [4.69, 9.17) is 0 Å². The average molecular weight is 205 g/mol. The summed E-state index contributed by atoms with van der Waals surface area (Å²) < 4.78 is 0. The van der Waals surface area contributed by atoms with Gasteiger partial charge in [-0.3, -0.25) is 4.79 Å². The molecule has 1 rings (SSSR count). The fraction of sp³-hybridized carbons (Fsp3) is 0.462. The molecule has 0 heterocycles. The average Bonchev–Trinajstić information content (AvgIpc) is 2.26. The summed E-state index contributed by atoms with van der Waals surface area (Å²) in [5, 5.41) is 0. The third kappa shape index (κ3) is 3.48. The maximum Gasteiger partial charge on any atom is 0.167 e. The van der Waals surface area contributed by atoms with Crippen molar-refractivity contribution in [3.8, 4) is 0 Å². The van der Waals surface area contributed by atoms with Gasteiger partial charge in [0.1, 0.15) is 0 Å².